The van der Waals surface area contributed by atoms with Gasteiger partial charge < -0.3 is 20.0 Å². The third-order valence-corrected chi connectivity index (χ3v) is 8.05. The molecule has 2 saturated heterocycles. The molecule has 7 nitrogen and oxygen atoms in total. The van der Waals surface area contributed by atoms with Gasteiger partial charge in [0.05, 0.1) is 22.3 Å². The van der Waals surface area contributed by atoms with Gasteiger partial charge in [-0.05, 0) is 49.2 Å². The van der Waals surface area contributed by atoms with Crippen molar-refractivity contribution in [2.24, 2.45) is 0 Å². The van der Waals surface area contributed by atoms with Crippen LogP contribution in [0.5, 0.6) is 0 Å². The van der Waals surface area contributed by atoms with Gasteiger partial charge in [0.15, 0.2) is 0 Å². The quantitative estimate of drug-likeness (QED) is 0.336. The summed E-state index contributed by atoms with van der Waals surface area (Å²) in [6, 6.07) is 20.1. The third-order valence-electron chi connectivity index (χ3n) is 7.44. The lowest BCUT2D eigenvalue weighted by Gasteiger charge is -2.37. The Balaban J connectivity index is 1.16. The summed E-state index contributed by atoms with van der Waals surface area (Å²) >= 11 is 12.8. The molecule has 0 bridgehead atoms. The van der Waals surface area contributed by atoms with E-state index in [9.17, 15) is 4.79 Å². The van der Waals surface area contributed by atoms with Gasteiger partial charge >= 0.3 is 0 Å². The standard InChI is InChI=1S/C29H30Cl2N6O/c30-23-6-5-7-24(31)28(23)36-18-16-35(17-19-36)26(38)20-32-29-27(33-25-8-1-2-15-37(25)29)21-9-11-22(12-10-21)34-13-3-4-14-34/h1-2,5-12,15,32H,3-4,13-14,16-20H2. The fraction of sp³-hybridized carbons (Fsp3) is 0.310. The van der Waals surface area contributed by atoms with E-state index in [1.807, 2.05) is 51.9 Å². The summed E-state index contributed by atoms with van der Waals surface area (Å²) < 4.78 is 2.01. The van der Waals surface area contributed by atoms with Gasteiger partial charge in [0, 0.05) is 56.7 Å². The van der Waals surface area contributed by atoms with Gasteiger partial charge in [0.1, 0.15) is 17.2 Å². The van der Waals surface area contributed by atoms with Crippen molar-refractivity contribution in [1.82, 2.24) is 14.3 Å². The first kappa shape index (κ1) is 24.9. The lowest BCUT2D eigenvalue weighted by molar-refractivity contribution is -0.129. The highest BCUT2D eigenvalue weighted by molar-refractivity contribution is 6.39. The number of benzene rings is 2. The van der Waals surface area contributed by atoms with E-state index in [2.05, 4.69) is 39.4 Å². The Bertz CT molecular complexity index is 1420. The molecule has 0 radical (unpaired) electrons. The predicted molar refractivity (Wildman–Crippen MR) is 156 cm³/mol. The SMILES string of the molecule is O=C(CNc1c(-c2ccc(N3CCCC3)cc2)nc2ccccn12)N1CCN(c2c(Cl)cccc2Cl)CC1. The molecule has 0 aliphatic carbocycles. The van der Waals surface area contributed by atoms with E-state index in [-0.39, 0.29) is 12.5 Å². The van der Waals surface area contributed by atoms with Crippen molar-refractivity contribution >= 4 is 51.9 Å². The smallest absolute Gasteiger partial charge is 0.242 e. The summed E-state index contributed by atoms with van der Waals surface area (Å²) in [5.74, 6) is 0.875. The van der Waals surface area contributed by atoms with E-state index < -0.39 is 0 Å². The molecule has 2 aromatic carbocycles. The molecule has 0 unspecified atom stereocenters. The minimum Gasteiger partial charge on any atom is -0.372 e. The summed E-state index contributed by atoms with van der Waals surface area (Å²) in [6.07, 6.45) is 4.47. The summed E-state index contributed by atoms with van der Waals surface area (Å²) in [4.78, 5) is 24.6. The van der Waals surface area contributed by atoms with E-state index in [1.165, 1.54) is 18.5 Å². The molecule has 0 atom stereocenters. The number of rotatable bonds is 6. The van der Waals surface area contributed by atoms with Crippen molar-refractivity contribution in [1.29, 1.82) is 0 Å². The molecule has 2 aliphatic heterocycles. The molecule has 6 rings (SSSR count). The number of carbonyl (C=O) groups is 1. The van der Waals surface area contributed by atoms with Gasteiger partial charge in [-0.2, -0.15) is 0 Å². The zero-order valence-corrected chi connectivity index (χ0v) is 22.6. The summed E-state index contributed by atoms with van der Waals surface area (Å²) in [6.45, 7) is 5.00. The number of piperazine rings is 1. The van der Waals surface area contributed by atoms with Crippen LogP contribution in [-0.4, -0.2) is 66.0 Å². The molecule has 4 heterocycles. The van der Waals surface area contributed by atoms with Gasteiger partial charge in [-0.1, -0.05) is 47.5 Å². The van der Waals surface area contributed by atoms with Crippen LogP contribution in [0.1, 0.15) is 12.8 Å². The van der Waals surface area contributed by atoms with Crippen molar-refractivity contribution < 1.29 is 4.79 Å². The van der Waals surface area contributed by atoms with Crippen LogP contribution in [0, 0.1) is 0 Å². The van der Waals surface area contributed by atoms with Crippen LogP contribution in [0.2, 0.25) is 10.0 Å². The van der Waals surface area contributed by atoms with Crippen LogP contribution < -0.4 is 15.1 Å². The normalized spacial score (nSPS) is 15.9. The number of carbonyl (C=O) groups excluding carboxylic acids is 1. The Morgan fingerprint density at radius 2 is 1.53 bits per heavy atom. The highest BCUT2D eigenvalue weighted by Crippen LogP contribution is 2.34. The molecule has 1 amide bonds. The number of fused-ring (bicyclic) bond motifs is 1. The lowest BCUT2D eigenvalue weighted by Crippen LogP contribution is -2.50. The summed E-state index contributed by atoms with van der Waals surface area (Å²) in [5, 5.41) is 4.67. The largest absolute Gasteiger partial charge is 0.372 e. The molecule has 9 heteroatoms. The fourth-order valence-corrected chi connectivity index (χ4v) is 6.05. The van der Waals surface area contributed by atoms with E-state index >= 15 is 0 Å². The topological polar surface area (TPSA) is 56.1 Å². The number of hydrogen-bond donors (Lipinski definition) is 1. The Kier molecular flexibility index (Phi) is 7.04. The Hall–Kier alpha value is -3.42. The number of amides is 1. The first-order chi connectivity index (χ1) is 18.6. The van der Waals surface area contributed by atoms with Crippen molar-refractivity contribution in [3.63, 3.8) is 0 Å². The number of pyridine rings is 1. The van der Waals surface area contributed by atoms with Gasteiger partial charge in [-0.25, -0.2) is 4.98 Å². The zero-order chi connectivity index (χ0) is 26.1. The van der Waals surface area contributed by atoms with Crippen molar-refractivity contribution in [2.45, 2.75) is 12.8 Å². The van der Waals surface area contributed by atoms with Crippen molar-refractivity contribution in [3.8, 4) is 11.3 Å². The van der Waals surface area contributed by atoms with Crippen LogP contribution in [0.3, 0.4) is 0 Å². The van der Waals surface area contributed by atoms with Crippen LogP contribution in [0.25, 0.3) is 16.9 Å². The maximum atomic E-state index is 13.2. The van der Waals surface area contributed by atoms with Crippen molar-refractivity contribution in [3.05, 3.63) is 76.9 Å². The fourth-order valence-electron chi connectivity index (χ4n) is 5.41. The Labute approximate surface area is 232 Å². The number of imidazole rings is 1. The molecule has 2 aliphatic rings. The number of para-hydroxylation sites is 1. The maximum absolute atomic E-state index is 13.2. The van der Waals surface area contributed by atoms with Crippen LogP contribution in [0.4, 0.5) is 17.2 Å². The molecule has 1 N–H and O–H groups in total. The molecule has 38 heavy (non-hydrogen) atoms. The van der Waals surface area contributed by atoms with Crippen LogP contribution >= 0.6 is 23.2 Å². The molecule has 2 fully saturated rings. The average molecular weight is 550 g/mol. The minimum absolute atomic E-state index is 0.0520. The number of nitrogens with one attached hydrogen (secondary N) is 1. The highest BCUT2D eigenvalue weighted by atomic mass is 35.5. The maximum Gasteiger partial charge on any atom is 0.242 e. The van der Waals surface area contributed by atoms with E-state index in [4.69, 9.17) is 28.2 Å². The number of anilines is 3. The second kappa shape index (κ2) is 10.8. The molecule has 2 aromatic heterocycles. The molecular weight excluding hydrogens is 519 g/mol. The number of nitrogens with zero attached hydrogens (tertiary/aromatic N) is 5. The number of aromatic nitrogens is 2. The minimum atomic E-state index is 0.0520. The predicted octanol–water partition coefficient (Wildman–Crippen LogP) is 5.67. The number of hydrogen-bond acceptors (Lipinski definition) is 5. The number of halogens is 2. The van der Waals surface area contributed by atoms with Gasteiger partial charge in [0.2, 0.25) is 5.91 Å². The lowest BCUT2D eigenvalue weighted by atomic mass is 10.1. The van der Waals surface area contributed by atoms with Crippen molar-refractivity contribution in [2.75, 3.05) is 60.9 Å². The van der Waals surface area contributed by atoms with E-state index in [1.54, 1.807) is 0 Å². The highest BCUT2D eigenvalue weighted by Gasteiger charge is 2.24. The average Bonchev–Trinajstić information content (AvgIpc) is 3.61. The molecule has 4 aromatic rings. The zero-order valence-electron chi connectivity index (χ0n) is 21.1. The van der Waals surface area contributed by atoms with Gasteiger partial charge in [-0.3, -0.25) is 9.20 Å². The Morgan fingerprint density at radius 1 is 0.816 bits per heavy atom. The first-order valence-electron chi connectivity index (χ1n) is 13.1. The second-order valence-electron chi connectivity index (χ2n) is 9.77. The molecule has 196 valence electrons. The first-order valence-corrected chi connectivity index (χ1v) is 13.9. The van der Waals surface area contributed by atoms with Crippen LogP contribution in [0.15, 0.2) is 66.9 Å². The molecular formula is C29H30Cl2N6O. The van der Waals surface area contributed by atoms with Crippen LogP contribution in [-0.2, 0) is 4.79 Å². The second-order valence-corrected chi connectivity index (χ2v) is 10.6. The van der Waals surface area contributed by atoms with E-state index in [0.717, 1.165) is 41.5 Å². The Morgan fingerprint density at radius 3 is 2.24 bits per heavy atom. The molecule has 0 spiro atoms. The third kappa shape index (κ3) is 4.88. The van der Waals surface area contributed by atoms with Gasteiger partial charge in [0.25, 0.3) is 0 Å². The van der Waals surface area contributed by atoms with E-state index in [0.29, 0.717) is 36.2 Å². The summed E-state index contributed by atoms with van der Waals surface area (Å²) in [7, 11) is 0. The monoisotopic (exact) mass is 548 g/mol. The summed E-state index contributed by atoms with van der Waals surface area (Å²) in [5.41, 5.74) is 4.79. The molecule has 0 saturated carbocycles. The van der Waals surface area contributed by atoms with Gasteiger partial charge in [-0.15, -0.1) is 0 Å².